The van der Waals surface area contributed by atoms with Crippen molar-refractivity contribution in [3.8, 4) is 0 Å². The van der Waals surface area contributed by atoms with Crippen LogP contribution in [-0.2, 0) is 14.1 Å². The first kappa shape index (κ1) is 12.0. The van der Waals surface area contributed by atoms with Gasteiger partial charge in [0.15, 0.2) is 0 Å². The van der Waals surface area contributed by atoms with Gasteiger partial charge in [-0.3, -0.25) is 14.2 Å². The zero-order valence-electron chi connectivity index (χ0n) is 9.46. The smallest absolute Gasteiger partial charge is 0.203 e. The number of ketones is 1. The molecule has 0 spiro atoms. The molecule has 0 saturated heterocycles. The van der Waals surface area contributed by atoms with E-state index in [1.807, 2.05) is 0 Å². The monoisotopic (exact) mass is 297 g/mol. The summed E-state index contributed by atoms with van der Waals surface area (Å²) in [6, 6.07) is -0.726. The highest BCUT2D eigenvalue weighted by molar-refractivity contribution is 9.10. The SMILES string of the molecule is Cn1cc(C(N)C(=O)c2c(Br)cnn2C)cn1. The third-order valence-electron chi connectivity index (χ3n) is 2.49. The van der Waals surface area contributed by atoms with Crippen molar-refractivity contribution in [2.24, 2.45) is 19.8 Å². The molecule has 0 aliphatic carbocycles. The molecule has 2 aromatic rings. The zero-order valence-corrected chi connectivity index (χ0v) is 11.0. The molecule has 17 heavy (non-hydrogen) atoms. The molecule has 0 bridgehead atoms. The second-order valence-corrected chi connectivity index (χ2v) is 4.61. The fourth-order valence-electron chi connectivity index (χ4n) is 1.59. The maximum absolute atomic E-state index is 12.2. The fraction of sp³-hybridized carbons (Fsp3) is 0.300. The second-order valence-electron chi connectivity index (χ2n) is 3.75. The predicted octanol–water partition coefficient (Wildman–Crippen LogP) is 0.799. The van der Waals surface area contributed by atoms with Crippen molar-refractivity contribution < 1.29 is 4.79 Å². The van der Waals surface area contributed by atoms with Crippen molar-refractivity contribution in [2.45, 2.75) is 6.04 Å². The first-order valence-corrected chi connectivity index (χ1v) is 5.76. The zero-order chi connectivity index (χ0) is 12.6. The van der Waals surface area contributed by atoms with E-state index in [0.717, 1.165) is 0 Å². The molecule has 7 heteroatoms. The van der Waals surface area contributed by atoms with Gasteiger partial charge in [-0.25, -0.2) is 0 Å². The number of halogens is 1. The number of Topliss-reactive ketones (excluding diaryl/α,β-unsaturated/α-hetero) is 1. The highest BCUT2D eigenvalue weighted by atomic mass is 79.9. The molecule has 0 fully saturated rings. The average Bonchev–Trinajstić information content (AvgIpc) is 2.84. The molecule has 0 aliphatic rings. The van der Waals surface area contributed by atoms with Gasteiger partial charge >= 0.3 is 0 Å². The molecule has 1 unspecified atom stereocenters. The topological polar surface area (TPSA) is 78.7 Å². The van der Waals surface area contributed by atoms with Gasteiger partial charge in [0.2, 0.25) is 5.78 Å². The number of nitrogens with two attached hydrogens (primary N) is 1. The van der Waals surface area contributed by atoms with E-state index >= 15 is 0 Å². The number of carbonyl (C=O) groups excluding carboxylic acids is 1. The first-order valence-electron chi connectivity index (χ1n) is 4.96. The van der Waals surface area contributed by atoms with Crippen LogP contribution in [0.3, 0.4) is 0 Å². The molecule has 2 heterocycles. The molecule has 0 aromatic carbocycles. The summed E-state index contributed by atoms with van der Waals surface area (Å²) in [5.74, 6) is -0.190. The van der Waals surface area contributed by atoms with Crippen LogP contribution in [0.4, 0.5) is 0 Å². The lowest BCUT2D eigenvalue weighted by Gasteiger charge is -2.08. The van der Waals surface area contributed by atoms with Crippen LogP contribution >= 0.6 is 15.9 Å². The van der Waals surface area contributed by atoms with E-state index < -0.39 is 6.04 Å². The summed E-state index contributed by atoms with van der Waals surface area (Å²) < 4.78 is 3.76. The van der Waals surface area contributed by atoms with Crippen LogP contribution in [0.15, 0.2) is 23.1 Å². The summed E-state index contributed by atoms with van der Waals surface area (Å²) >= 11 is 3.28. The van der Waals surface area contributed by atoms with Gasteiger partial charge in [0.25, 0.3) is 0 Å². The van der Waals surface area contributed by atoms with Crippen molar-refractivity contribution >= 4 is 21.7 Å². The summed E-state index contributed by atoms with van der Waals surface area (Å²) in [5.41, 5.74) is 7.06. The predicted molar refractivity (Wildman–Crippen MR) is 65.4 cm³/mol. The van der Waals surface area contributed by atoms with Crippen molar-refractivity contribution in [3.63, 3.8) is 0 Å². The lowest BCUT2D eigenvalue weighted by molar-refractivity contribution is 0.0951. The maximum Gasteiger partial charge on any atom is 0.203 e. The number of aromatic nitrogens is 4. The molecular weight excluding hydrogens is 286 g/mol. The third kappa shape index (κ3) is 2.16. The number of hydrogen-bond donors (Lipinski definition) is 1. The molecule has 2 N–H and O–H groups in total. The Kier molecular flexibility index (Phi) is 3.12. The van der Waals surface area contributed by atoms with Crippen LogP contribution < -0.4 is 5.73 Å². The van der Waals surface area contributed by atoms with Gasteiger partial charge in [-0.1, -0.05) is 0 Å². The summed E-state index contributed by atoms with van der Waals surface area (Å²) in [5, 5.41) is 7.99. The first-order chi connectivity index (χ1) is 8.00. The number of hydrogen-bond acceptors (Lipinski definition) is 4. The summed E-state index contributed by atoms with van der Waals surface area (Å²) in [7, 11) is 3.48. The Morgan fingerprint density at radius 3 is 2.59 bits per heavy atom. The summed E-state index contributed by atoms with van der Waals surface area (Å²) in [4.78, 5) is 12.2. The van der Waals surface area contributed by atoms with Gasteiger partial charge in [0.05, 0.1) is 22.9 Å². The average molecular weight is 298 g/mol. The maximum atomic E-state index is 12.2. The van der Waals surface area contributed by atoms with Crippen molar-refractivity contribution in [1.29, 1.82) is 0 Å². The van der Waals surface area contributed by atoms with E-state index in [-0.39, 0.29) is 5.78 Å². The molecule has 0 aliphatic heterocycles. The molecule has 6 nitrogen and oxygen atoms in total. The van der Waals surface area contributed by atoms with E-state index in [1.165, 1.54) is 4.68 Å². The minimum Gasteiger partial charge on any atom is -0.317 e. The summed E-state index contributed by atoms with van der Waals surface area (Å²) in [6.07, 6.45) is 4.89. The van der Waals surface area contributed by atoms with E-state index in [2.05, 4.69) is 26.1 Å². The third-order valence-corrected chi connectivity index (χ3v) is 3.07. The molecule has 0 amide bonds. The van der Waals surface area contributed by atoms with E-state index in [4.69, 9.17) is 5.73 Å². The molecule has 0 radical (unpaired) electrons. The molecule has 0 saturated carbocycles. The Balaban J connectivity index is 2.32. The van der Waals surface area contributed by atoms with Crippen molar-refractivity contribution in [3.05, 3.63) is 34.3 Å². The van der Waals surface area contributed by atoms with Crippen LogP contribution in [0.1, 0.15) is 22.1 Å². The van der Waals surface area contributed by atoms with Gasteiger partial charge < -0.3 is 5.73 Å². The number of nitrogens with zero attached hydrogens (tertiary/aromatic N) is 4. The summed E-state index contributed by atoms with van der Waals surface area (Å²) in [6.45, 7) is 0. The van der Waals surface area contributed by atoms with Gasteiger partial charge in [0.1, 0.15) is 5.69 Å². The van der Waals surface area contributed by atoms with Gasteiger partial charge in [0, 0.05) is 25.9 Å². The van der Waals surface area contributed by atoms with Crippen molar-refractivity contribution in [1.82, 2.24) is 19.6 Å². The highest BCUT2D eigenvalue weighted by Crippen LogP contribution is 2.21. The standard InChI is InChI=1S/C10H12BrN5O/c1-15-5-6(3-13-15)8(12)10(17)9-7(11)4-14-16(9)2/h3-5,8H,12H2,1-2H3. The second kappa shape index (κ2) is 4.42. The molecule has 2 aromatic heterocycles. The van der Waals surface area contributed by atoms with Crippen LogP contribution in [0.2, 0.25) is 0 Å². The molecule has 90 valence electrons. The van der Waals surface area contributed by atoms with E-state index in [0.29, 0.717) is 15.7 Å². The lowest BCUT2D eigenvalue weighted by Crippen LogP contribution is -2.23. The van der Waals surface area contributed by atoms with Gasteiger partial charge in [-0.2, -0.15) is 10.2 Å². The van der Waals surface area contributed by atoms with Gasteiger partial charge in [-0.05, 0) is 15.9 Å². The Bertz CT molecular complexity index is 539. The van der Waals surface area contributed by atoms with Crippen molar-refractivity contribution in [2.75, 3.05) is 0 Å². The molecular formula is C10H12BrN5O. The normalized spacial score (nSPS) is 12.7. The van der Waals surface area contributed by atoms with E-state index in [1.54, 1.807) is 37.4 Å². The Morgan fingerprint density at radius 1 is 1.41 bits per heavy atom. The van der Waals surface area contributed by atoms with Crippen LogP contribution in [0, 0.1) is 0 Å². The Morgan fingerprint density at radius 2 is 2.12 bits per heavy atom. The minimum absolute atomic E-state index is 0.190. The number of rotatable bonds is 3. The minimum atomic E-state index is -0.726. The number of carbonyl (C=O) groups is 1. The van der Waals surface area contributed by atoms with Crippen LogP contribution in [0.5, 0.6) is 0 Å². The number of aryl methyl sites for hydroxylation is 2. The van der Waals surface area contributed by atoms with E-state index in [9.17, 15) is 4.79 Å². The van der Waals surface area contributed by atoms with Crippen LogP contribution in [0.25, 0.3) is 0 Å². The quantitative estimate of drug-likeness (QED) is 0.850. The molecule has 2 rings (SSSR count). The highest BCUT2D eigenvalue weighted by Gasteiger charge is 2.24. The molecule has 1 atom stereocenters. The largest absolute Gasteiger partial charge is 0.317 e. The van der Waals surface area contributed by atoms with Gasteiger partial charge in [-0.15, -0.1) is 0 Å². The lowest BCUT2D eigenvalue weighted by atomic mass is 10.1. The Labute approximate surface area is 107 Å². The van der Waals surface area contributed by atoms with Crippen LogP contribution in [-0.4, -0.2) is 25.3 Å². The fourth-order valence-corrected chi connectivity index (χ4v) is 2.13. The Hall–Kier alpha value is -1.47.